The fourth-order valence-electron chi connectivity index (χ4n) is 2.81. The fraction of sp³-hybridized carbons (Fsp3) is 0.364. The molecule has 0 radical (unpaired) electrons. The summed E-state index contributed by atoms with van der Waals surface area (Å²) in [4.78, 5) is 22.8. The molecule has 1 amide bonds. The van der Waals surface area contributed by atoms with Crippen molar-refractivity contribution >= 4 is 68.4 Å². The molecule has 0 saturated carbocycles. The molecule has 162 valence electrons. The van der Waals surface area contributed by atoms with E-state index < -0.39 is 0 Å². The maximum atomic E-state index is 13.0. The molecule has 1 aromatic heterocycles. The van der Waals surface area contributed by atoms with Crippen LogP contribution < -0.4 is 4.90 Å². The van der Waals surface area contributed by atoms with E-state index in [1.807, 2.05) is 37.2 Å². The Balaban J connectivity index is 0.00000320. The molecule has 0 saturated heterocycles. The molecule has 0 bridgehead atoms. The molecule has 0 N–H and O–H groups in total. The molecule has 0 aliphatic carbocycles. The van der Waals surface area contributed by atoms with Crippen molar-refractivity contribution in [3.63, 3.8) is 0 Å². The van der Waals surface area contributed by atoms with Crippen LogP contribution in [0, 0.1) is 6.92 Å². The first-order valence-corrected chi connectivity index (χ1v) is 11.8. The highest BCUT2D eigenvalue weighted by Gasteiger charge is 2.19. The lowest BCUT2D eigenvalue weighted by Crippen LogP contribution is -2.36. The van der Waals surface area contributed by atoms with Crippen LogP contribution in [-0.4, -0.2) is 48.7 Å². The van der Waals surface area contributed by atoms with Crippen molar-refractivity contribution < 1.29 is 4.79 Å². The lowest BCUT2D eigenvalue weighted by molar-refractivity contribution is -0.118. The van der Waals surface area contributed by atoms with E-state index in [0.29, 0.717) is 18.0 Å². The van der Waals surface area contributed by atoms with E-state index in [1.165, 1.54) is 21.8 Å². The number of nitrogens with zero attached hydrogens (tertiary/aromatic N) is 3. The van der Waals surface area contributed by atoms with Gasteiger partial charge in [0.15, 0.2) is 5.13 Å². The number of halogens is 2. The second-order valence-electron chi connectivity index (χ2n) is 7.22. The van der Waals surface area contributed by atoms with Crippen molar-refractivity contribution in [3.05, 3.63) is 53.1 Å². The first kappa shape index (κ1) is 25.0. The number of carbonyl (C=O) groups is 1. The predicted octanol–water partition coefficient (Wildman–Crippen LogP) is 6.15. The Hall–Kier alpha value is -1.31. The largest absolute Gasteiger partial charge is 0.308 e. The van der Waals surface area contributed by atoms with Gasteiger partial charge in [-0.05, 0) is 63.5 Å². The van der Waals surface area contributed by atoms with Crippen molar-refractivity contribution in [1.82, 2.24) is 9.88 Å². The number of rotatable bonds is 9. The average molecular weight is 485 g/mol. The average Bonchev–Trinajstić information content (AvgIpc) is 3.09. The smallest absolute Gasteiger partial charge is 0.228 e. The first-order valence-electron chi connectivity index (χ1n) is 9.63. The number of fused-ring (bicyclic) bond motifs is 1. The van der Waals surface area contributed by atoms with E-state index in [2.05, 4.69) is 41.1 Å². The zero-order valence-electron chi connectivity index (χ0n) is 17.4. The van der Waals surface area contributed by atoms with Crippen LogP contribution in [0.2, 0.25) is 5.02 Å². The molecular weight excluding hydrogens is 457 g/mol. The van der Waals surface area contributed by atoms with Gasteiger partial charge >= 0.3 is 0 Å². The van der Waals surface area contributed by atoms with Gasteiger partial charge in [-0.2, -0.15) is 0 Å². The summed E-state index contributed by atoms with van der Waals surface area (Å²) in [5, 5.41) is 1.44. The Kier molecular flexibility index (Phi) is 9.91. The van der Waals surface area contributed by atoms with Gasteiger partial charge in [0, 0.05) is 29.4 Å². The summed E-state index contributed by atoms with van der Waals surface area (Å²) in [6.07, 6.45) is 1.36. The molecule has 8 heteroatoms. The monoisotopic (exact) mass is 483 g/mol. The van der Waals surface area contributed by atoms with Crippen LogP contribution >= 0.6 is 47.1 Å². The Morgan fingerprint density at radius 1 is 1.13 bits per heavy atom. The molecule has 0 atom stereocenters. The zero-order chi connectivity index (χ0) is 20.8. The number of carbonyl (C=O) groups excluding carboxylic acids is 1. The lowest BCUT2D eigenvalue weighted by atomic mass is 10.2. The molecular formula is C22H27Cl2N3OS2. The summed E-state index contributed by atoms with van der Waals surface area (Å²) < 4.78 is 1.00. The van der Waals surface area contributed by atoms with Gasteiger partial charge < -0.3 is 4.90 Å². The highest BCUT2D eigenvalue weighted by molar-refractivity contribution is 7.99. The number of anilines is 1. The van der Waals surface area contributed by atoms with E-state index >= 15 is 0 Å². The summed E-state index contributed by atoms with van der Waals surface area (Å²) in [6, 6.07) is 14.2. The third kappa shape index (κ3) is 7.13. The molecule has 3 aromatic rings. The Morgan fingerprint density at radius 2 is 1.87 bits per heavy atom. The number of hydrogen-bond acceptors (Lipinski definition) is 5. The number of amides is 1. The van der Waals surface area contributed by atoms with Gasteiger partial charge in [-0.15, -0.1) is 24.2 Å². The molecule has 0 fully saturated rings. The molecule has 4 nitrogen and oxygen atoms in total. The lowest BCUT2D eigenvalue weighted by Gasteiger charge is -2.22. The summed E-state index contributed by atoms with van der Waals surface area (Å²) in [7, 11) is 4.03. The third-order valence-electron chi connectivity index (χ3n) is 4.47. The van der Waals surface area contributed by atoms with Crippen molar-refractivity contribution in [2.75, 3.05) is 37.8 Å². The van der Waals surface area contributed by atoms with Crippen molar-refractivity contribution in [2.24, 2.45) is 0 Å². The first-order chi connectivity index (χ1) is 13.9. The van der Waals surface area contributed by atoms with E-state index in [9.17, 15) is 4.79 Å². The second-order valence-corrected chi connectivity index (χ2v) is 9.84. The minimum Gasteiger partial charge on any atom is -0.308 e. The van der Waals surface area contributed by atoms with Crippen molar-refractivity contribution in [1.29, 1.82) is 0 Å². The summed E-state index contributed by atoms with van der Waals surface area (Å²) >= 11 is 9.42. The summed E-state index contributed by atoms with van der Waals surface area (Å²) in [5.74, 6) is 1.05. The van der Waals surface area contributed by atoms with Gasteiger partial charge in [0.05, 0.1) is 10.2 Å². The number of hydrogen-bond donors (Lipinski definition) is 0. The molecule has 1 heterocycles. The van der Waals surface area contributed by atoms with Crippen LogP contribution in [0.1, 0.15) is 18.4 Å². The molecule has 30 heavy (non-hydrogen) atoms. The van der Waals surface area contributed by atoms with E-state index in [-0.39, 0.29) is 18.3 Å². The number of thiazole rings is 1. The molecule has 0 aliphatic rings. The van der Waals surface area contributed by atoms with Crippen molar-refractivity contribution in [3.8, 4) is 0 Å². The summed E-state index contributed by atoms with van der Waals surface area (Å²) in [5.41, 5.74) is 2.14. The molecule has 0 unspecified atom stereocenters. The number of benzene rings is 2. The number of thioether (sulfide) groups is 1. The fourth-order valence-corrected chi connectivity index (χ4v) is 4.95. The van der Waals surface area contributed by atoms with E-state index in [0.717, 1.165) is 34.1 Å². The van der Waals surface area contributed by atoms with Crippen LogP contribution in [0.5, 0.6) is 0 Å². The Labute approximate surface area is 198 Å². The van der Waals surface area contributed by atoms with Crippen LogP contribution in [0.15, 0.2) is 47.4 Å². The Bertz CT molecular complexity index is 961. The molecule has 2 aromatic carbocycles. The second kappa shape index (κ2) is 11.9. The van der Waals surface area contributed by atoms with E-state index in [4.69, 9.17) is 11.6 Å². The van der Waals surface area contributed by atoms with Crippen LogP contribution in [0.4, 0.5) is 5.13 Å². The Morgan fingerprint density at radius 3 is 2.57 bits per heavy atom. The third-order valence-corrected chi connectivity index (χ3v) is 6.84. The maximum Gasteiger partial charge on any atom is 0.228 e. The number of aromatic nitrogens is 1. The highest BCUT2D eigenvalue weighted by Crippen LogP contribution is 2.31. The van der Waals surface area contributed by atoms with Gasteiger partial charge in [-0.3, -0.25) is 9.69 Å². The number of likely N-dealkylation sites (N-methyl/N-ethyl adjacent to an activating group) is 1. The van der Waals surface area contributed by atoms with Crippen LogP contribution in [0.25, 0.3) is 10.2 Å². The minimum atomic E-state index is 0. The number of aryl methyl sites for hydroxylation is 1. The van der Waals surface area contributed by atoms with Crippen molar-refractivity contribution in [2.45, 2.75) is 24.7 Å². The molecule has 0 aliphatic heterocycles. The summed E-state index contributed by atoms with van der Waals surface area (Å²) in [6.45, 7) is 3.51. The zero-order valence-corrected chi connectivity index (χ0v) is 20.6. The molecule has 0 spiro atoms. The molecule has 3 rings (SSSR count). The normalized spacial score (nSPS) is 11.0. The van der Waals surface area contributed by atoms with Gasteiger partial charge in [0.25, 0.3) is 0 Å². The van der Waals surface area contributed by atoms with Crippen LogP contribution in [-0.2, 0) is 4.79 Å². The van der Waals surface area contributed by atoms with E-state index in [1.54, 1.807) is 11.8 Å². The quantitative estimate of drug-likeness (QED) is 0.270. The predicted molar refractivity (Wildman–Crippen MR) is 134 cm³/mol. The minimum absolute atomic E-state index is 0. The van der Waals surface area contributed by atoms with Gasteiger partial charge in [-0.25, -0.2) is 4.98 Å². The standard InChI is InChI=1S/C22H26ClN3OS2.ClH/c1-16-6-9-18(10-7-16)28-14-4-5-21(27)26(13-12-25(2)3)22-24-19-11-8-17(23)15-20(19)29-22;/h6-11,15H,4-5,12-14H2,1-3H3;1H. The van der Waals surface area contributed by atoms with Gasteiger partial charge in [0.1, 0.15) is 0 Å². The SMILES string of the molecule is Cc1ccc(SCCCC(=O)N(CCN(C)C)c2nc3ccc(Cl)cc3s2)cc1.Cl. The topological polar surface area (TPSA) is 36.4 Å². The van der Waals surface area contributed by atoms with Crippen LogP contribution in [0.3, 0.4) is 0 Å². The highest BCUT2D eigenvalue weighted by atomic mass is 35.5. The maximum absolute atomic E-state index is 13.0. The van der Waals surface area contributed by atoms with Gasteiger partial charge in [-0.1, -0.05) is 40.6 Å². The van der Waals surface area contributed by atoms with Gasteiger partial charge in [0.2, 0.25) is 5.91 Å².